The van der Waals surface area contributed by atoms with Crippen molar-refractivity contribution in [3.05, 3.63) is 53.1 Å². The van der Waals surface area contributed by atoms with Gasteiger partial charge in [0.2, 0.25) is 5.91 Å². The van der Waals surface area contributed by atoms with Gasteiger partial charge in [0.1, 0.15) is 5.82 Å². The monoisotopic (exact) mass is 258 g/mol. The highest BCUT2D eigenvalue weighted by Gasteiger charge is 2.04. The third kappa shape index (κ3) is 3.20. The van der Waals surface area contributed by atoms with Crippen molar-refractivity contribution in [2.24, 2.45) is 12.8 Å². The highest BCUT2D eigenvalue weighted by atomic mass is 16.1. The smallest absolute Gasteiger partial charge is 0.248 e. The van der Waals surface area contributed by atoms with Gasteiger partial charge in [-0.3, -0.25) is 4.79 Å². The number of imidazole rings is 1. The Kier molecular flexibility index (Phi) is 3.97. The Balaban J connectivity index is 1.96. The first-order valence-electron chi connectivity index (χ1n) is 6.14. The first kappa shape index (κ1) is 13.3. The molecule has 3 N–H and O–H groups in total. The van der Waals surface area contributed by atoms with Crippen LogP contribution in [0.5, 0.6) is 0 Å². The number of aromatic nitrogens is 2. The average molecular weight is 258 g/mol. The molecule has 0 saturated heterocycles. The minimum Gasteiger partial charge on any atom is -0.366 e. The van der Waals surface area contributed by atoms with Crippen LogP contribution in [-0.2, 0) is 20.1 Å². The molecule has 19 heavy (non-hydrogen) atoms. The second-order valence-electron chi connectivity index (χ2n) is 4.56. The first-order valence-corrected chi connectivity index (χ1v) is 6.14. The van der Waals surface area contributed by atoms with Gasteiger partial charge in [-0.25, -0.2) is 4.98 Å². The molecule has 0 spiro atoms. The van der Waals surface area contributed by atoms with Gasteiger partial charge in [-0.05, 0) is 30.2 Å². The molecule has 5 nitrogen and oxygen atoms in total. The molecular formula is C14H18N4O. The van der Waals surface area contributed by atoms with Crippen molar-refractivity contribution in [2.45, 2.75) is 20.0 Å². The van der Waals surface area contributed by atoms with Crippen LogP contribution in [0.15, 0.2) is 30.6 Å². The molecule has 1 aromatic carbocycles. The molecule has 0 aliphatic rings. The number of hydrogen-bond acceptors (Lipinski definition) is 3. The molecule has 0 fully saturated rings. The van der Waals surface area contributed by atoms with E-state index in [4.69, 9.17) is 5.73 Å². The Morgan fingerprint density at radius 1 is 1.42 bits per heavy atom. The maximum absolute atomic E-state index is 11.1. The molecule has 0 bridgehead atoms. The summed E-state index contributed by atoms with van der Waals surface area (Å²) in [6, 6.07) is 5.51. The SMILES string of the molecule is Cc1cc(C(N)=O)ccc1CNCc1nccn1C. The van der Waals surface area contributed by atoms with Crippen LogP contribution in [0.25, 0.3) is 0 Å². The molecule has 0 atom stereocenters. The van der Waals surface area contributed by atoms with E-state index in [1.165, 1.54) is 0 Å². The molecule has 1 heterocycles. The fourth-order valence-corrected chi connectivity index (χ4v) is 1.92. The minimum absolute atomic E-state index is 0.393. The van der Waals surface area contributed by atoms with Crippen LogP contribution < -0.4 is 11.1 Å². The number of rotatable bonds is 5. The van der Waals surface area contributed by atoms with E-state index in [0.717, 1.165) is 23.5 Å². The lowest BCUT2D eigenvalue weighted by Crippen LogP contribution is -2.17. The van der Waals surface area contributed by atoms with Gasteiger partial charge in [0.15, 0.2) is 0 Å². The Bertz CT molecular complexity index is 589. The number of primary amides is 1. The summed E-state index contributed by atoms with van der Waals surface area (Å²) in [6.45, 7) is 3.42. The predicted molar refractivity (Wildman–Crippen MR) is 73.4 cm³/mol. The van der Waals surface area contributed by atoms with E-state index in [0.29, 0.717) is 12.1 Å². The molecular weight excluding hydrogens is 240 g/mol. The van der Waals surface area contributed by atoms with Gasteiger partial charge in [0.05, 0.1) is 6.54 Å². The molecule has 1 amide bonds. The van der Waals surface area contributed by atoms with Gasteiger partial charge in [-0.1, -0.05) is 6.07 Å². The van der Waals surface area contributed by atoms with Crippen molar-refractivity contribution in [3.63, 3.8) is 0 Å². The van der Waals surface area contributed by atoms with Crippen molar-refractivity contribution >= 4 is 5.91 Å². The normalized spacial score (nSPS) is 10.6. The number of carbonyl (C=O) groups is 1. The summed E-state index contributed by atoms with van der Waals surface area (Å²) in [5, 5.41) is 3.33. The van der Waals surface area contributed by atoms with Crippen molar-refractivity contribution in [1.29, 1.82) is 0 Å². The van der Waals surface area contributed by atoms with Crippen LogP contribution >= 0.6 is 0 Å². The standard InChI is InChI=1S/C14H18N4O/c1-10-7-11(14(15)19)3-4-12(10)8-16-9-13-17-5-6-18(13)2/h3-7,16H,8-9H2,1-2H3,(H2,15,19). The van der Waals surface area contributed by atoms with Gasteiger partial charge in [0.25, 0.3) is 0 Å². The zero-order valence-electron chi connectivity index (χ0n) is 11.2. The summed E-state index contributed by atoms with van der Waals surface area (Å²) in [5.74, 6) is 0.599. The van der Waals surface area contributed by atoms with Gasteiger partial charge in [0, 0.05) is 31.5 Å². The number of benzene rings is 1. The van der Waals surface area contributed by atoms with E-state index in [2.05, 4.69) is 10.3 Å². The fourth-order valence-electron chi connectivity index (χ4n) is 1.92. The Hall–Kier alpha value is -2.14. The topological polar surface area (TPSA) is 72.9 Å². The molecule has 1 aromatic heterocycles. The van der Waals surface area contributed by atoms with Gasteiger partial charge in [-0.15, -0.1) is 0 Å². The molecule has 0 unspecified atom stereocenters. The summed E-state index contributed by atoms with van der Waals surface area (Å²) in [7, 11) is 1.97. The summed E-state index contributed by atoms with van der Waals surface area (Å²) >= 11 is 0. The summed E-state index contributed by atoms with van der Waals surface area (Å²) in [4.78, 5) is 15.3. The molecule has 0 aliphatic carbocycles. The molecule has 0 saturated carbocycles. The summed E-state index contributed by atoms with van der Waals surface area (Å²) < 4.78 is 1.98. The molecule has 100 valence electrons. The average Bonchev–Trinajstić information content (AvgIpc) is 2.77. The molecule has 5 heteroatoms. The molecule has 0 radical (unpaired) electrons. The third-order valence-corrected chi connectivity index (χ3v) is 3.15. The van der Waals surface area contributed by atoms with Crippen LogP contribution in [-0.4, -0.2) is 15.5 Å². The molecule has 2 aromatic rings. The lowest BCUT2D eigenvalue weighted by Gasteiger charge is -2.09. The van der Waals surface area contributed by atoms with E-state index >= 15 is 0 Å². The largest absolute Gasteiger partial charge is 0.366 e. The van der Waals surface area contributed by atoms with E-state index in [1.54, 1.807) is 12.3 Å². The van der Waals surface area contributed by atoms with Crippen molar-refractivity contribution in [1.82, 2.24) is 14.9 Å². The number of amides is 1. The number of nitrogens with zero attached hydrogens (tertiary/aromatic N) is 2. The van der Waals surface area contributed by atoms with Crippen LogP contribution in [0.2, 0.25) is 0 Å². The maximum Gasteiger partial charge on any atom is 0.248 e. The number of nitrogens with two attached hydrogens (primary N) is 1. The number of aryl methyl sites for hydroxylation is 2. The van der Waals surface area contributed by atoms with Gasteiger partial charge < -0.3 is 15.6 Å². The second-order valence-corrected chi connectivity index (χ2v) is 4.56. The Morgan fingerprint density at radius 3 is 2.79 bits per heavy atom. The van der Waals surface area contributed by atoms with Crippen LogP contribution in [0, 0.1) is 6.92 Å². The zero-order chi connectivity index (χ0) is 13.8. The minimum atomic E-state index is -0.393. The van der Waals surface area contributed by atoms with E-state index in [9.17, 15) is 4.79 Å². The fraction of sp³-hybridized carbons (Fsp3) is 0.286. The highest BCUT2D eigenvalue weighted by Crippen LogP contribution is 2.11. The molecule has 2 rings (SSSR count). The van der Waals surface area contributed by atoms with Crippen molar-refractivity contribution < 1.29 is 4.79 Å². The van der Waals surface area contributed by atoms with Crippen LogP contribution in [0.1, 0.15) is 27.3 Å². The zero-order valence-corrected chi connectivity index (χ0v) is 11.2. The Labute approximate surface area is 112 Å². The van der Waals surface area contributed by atoms with E-state index < -0.39 is 5.91 Å². The Morgan fingerprint density at radius 2 is 2.21 bits per heavy atom. The quantitative estimate of drug-likeness (QED) is 0.844. The number of nitrogens with one attached hydrogen (secondary N) is 1. The highest BCUT2D eigenvalue weighted by molar-refractivity contribution is 5.93. The van der Waals surface area contributed by atoms with E-state index in [1.807, 2.05) is 36.9 Å². The van der Waals surface area contributed by atoms with Crippen LogP contribution in [0.4, 0.5) is 0 Å². The second kappa shape index (κ2) is 5.67. The van der Waals surface area contributed by atoms with Gasteiger partial charge in [-0.2, -0.15) is 0 Å². The molecule has 0 aliphatic heterocycles. The number of carbonyl (C=O) groups excluding carboxylic acids is 1. The lowest BCUT2D eigenvalue weighted by atomic mass is 10.0. The van der Waals surface area contributed by atoms with Gasteiger partial charge >= 0.3 is 0 Å². The summed E-state index contributed by atoms with van der Waals surface area (Å²) in [5.41, 5.74) is 8.01. The first-order chi connectivity index (χ1) is 9.08. The third-order valence-electron chi connectivity index (χ3n) is 3.15. The maximum atomic E-state index is 11.1. The van der Waals surface area contributed by atoms with Crippen LogP contribution in [0.3, 0.4) is 0 Å². The number of hydrogen-bond donors (Lipinski definition) is 2. The van der Waals surface area contributed by atoms with E-state index in [-0.39, 0.29) is 0 Å². The lowest BCUT2D eigenvalue weighted by molar-refractivity contribution is 0.1000. The summed E-state index contributed by atoms with van der Waals surface area (Å²) in [6.07, 6.45) is 3.70. The predicted octanol–water partition coefficient (Wildman–Crippen LogP) is 1.12. The van der Waals surface area contributed by atoms with Crippen molar-refractivity contribution in [2.75, 3.05) is 0 Å². The van der Waals surface area contributed by atoms with Crippen molar-refractivity contribution in [3.8, 4) is 0 Å².